The van der Waals surface area contributed by atoms with Crippen molar-refractivity contribution in [2.45, 2.75) is 32.4 Å². The number of aromatic nitrogens is 2. The van der Waals surface area contributed by atoms with E-state index in [0.717, 1.165) is 22.3 Å². The van der Waals surface area contributed by atoms with Crippen molar-refractivity contribution in [1.82, 2.24) is 20.2 Å². The first-order chi connectivity index (χ1) is 16.9. The minimum Gasteiger partial charge on any atom is -0.480 e. The number of fused-ring (bicyclic) bond motifs is 3. The van der Waals surface area contributed by atoms with Gasteiger partial charge < -0.3 is 20.1 Å². The van der Waals surface area contributed by atoms with Crippen molar-refractivity contribution in [2.24, 2.45) is 0 Å². The van der Waals surface area contributed by atoms with Crippen molar-refractivity contribution < 1.29 is 24.2 Å². The Kier molecular flexibility index (Phi) is 7.05. The van der Waals surface area contributed by atoms with Gasteiger partial charge in [-0.25, -0.2) is 19.6 Å². The summed E-state index contributed by atoms with van der Waals surface area (Å²) >= 11 is 0. The summed E-state index contributed by atoms with van der Waals surface area (Å²) < 4.78 is 5.50. The molecule has 0 saturated heterocycles. The molecule has 35 heavy (non-hydrogen) atoms. The number of likely N-dealkylation sites (N-methyl/N-ethyl adjacent to an activating group) is 1. The van der Waals surface area contributed by atoms with Crippen LogP contribution in [0.2, 0.25) is 0 Å². The summed E-state index contributed by atoms with van der Waals surface area (Å²) in [7, 11) is 0. The molecule has 2 amide bonds. The molecule has 0 fully saturated rings. The second-order valence-electron chi connectivity index (χ2n) is 8.17. The lowest BCUT2D eigenvalue weighted by molar-refractivity contribution is -0.141. The Hall–Kier alpha value is -4.27. The van der Waals surface area contributed by atoms with E-state index >= 15 is 0 Å². The highest BCUT2D eigenvalue weighted by Gasteiger charge is 2.29. The highest BCUT2D eigenvalue weighted by molar-refractivity contribution is 5.96. The Morgan fingerprint density at radius 1 is 1.03 bits per heavy atom. The maximum absolute atomic E-state index is 12.6. The third-order valence-corrected chi connectivity index (χ3v) is 6.11. The second kappa shape index (κ2) is 10.3. The van der Waals surface area contributed by atoms with Crippen LogP contribution in [0.15, 0.2) is 60.9 Å². The van der Waals surface area contributed by atoms with E-state index in [1.54, 1.807) is 6.92 Å². The molecular formula is C26H26N4O5. The number of carbonyl (C=O) groups excluding carboxylic acids is 2. The molecule has 1 unspecified atom stereocenters. The molecule has 1 heterocycles. The Bertz CT molecular complexity index is 1200. The van der Waals surface area contributed by atoms with Crippen LogP contribution in [-0.4, -0.2) is 57.1 Å². The van der Waals surface area contributed by atoms with E-state index in [9.17, 15) is 19.5 Å². The van der Waals surface area contributed by atoms with E-state index < -0.39 is 24.0 Å². The molecule has 0 radical (unpaired) electrons. The van der Waals surface area contributed by atoms with E-state index in [-0.39, 0.29) is 31.2 Å². The zero-order valence-corrected chi connectivity index (χ0v) is 19.5. The van der Waals surface area contributed by atoms with Crippen LogP contribution in [-0.2, 0) is 16.1 Å². The Morgan fingerprint density at radius 3 is 2.14 bits per heavy atom. The van der Waals surface area contributed by atoms with Gasteiger partial charge >= 0.3 is 12.1 Å². The first kappa shape index (κ1) is 23.9. The van der Waals surface area contributed by atoms with Crippen molar-refractivity contribution in [3.8, 4) is 11.1 Å². The first-order valence-corrected chi connectivity index (χ1v) is 11.3. The number of nitrogens with one attached hydrogen (secondary N) is 1. The van der Waals surface area contributed by atoms with E-state index in [1.165, 1.54) is 24.2 Å². The fraction of sp³-hybridized carbons (Fsp3) is 0.269. The zero-order valence-electron chi connectivity index (χ0n) is 19.5. The van der Waals surface area contributed by atoms with Crippen LogP contribution in [0.5, 0.6) is 0 Å². The molecular weight excluding hydrogens is 448 g/mol. The topological polar surface area (TPSA) is 122 Å². The summed E-state index contributed by atoms with van der Waals surface area (Å²) in [5.74, 6) is -1.31. The number of hydrogen-bond acceptors (Lipinski definition) is 6. The summed E-state index contributed by atoms with van der Waals surface area (Å²) in [5.41, 5.74) is 4.73. The van der Waals surface area contributed by atoms with Crippen LogP contribution in [0.4, 0.5) is 4.79 Å². The summed E-state index contributed by atoms with van der Waals surface area (Å²) in [4.78, 5) is 45.6. The maximum atomic E-state index is 12.6. The SMILES string of the molecule is CCN(C(=O)c1cnc(CNC(=O)OCC2c3ccccc3-c3ccccc32)nc1)C(C)C(=O)O. The van der Waals surface area contributed by atoms with Crippen molar-refractivity contribution in [2.75, 3.05) is 13.2 Å². The van der Waals surface area contributed by atoms with Crippen molar-refractivity contribution in [1.29, 1.82) is 0 Å². The van der Waals surface area contributed by atoms with Gasteiger partial charge in [0.1, 0.15) is 18.5 Å². The molecule has 9 nitrogen and oxygen atoms in total. The maximum Gasteiger partial charge on any atom is 0.407 e. The highest BCUT2D eigenvalue weighted by Crippen LogP contribution is 2.44. The Labute approximate surface area is 202 Å². The van der Waals surface area contributed by atoms with Gasteiger partial charge in [-0.3, -0.25) is 4.79 Å². The van der Waals surface area contributed by atoms with Crippen LogP contribution < -0.4 is 5.32 Å². The molecule has 1 aliphatic carbocycles. The summed E-state index contributed by atoms with van der Waals surface area (Å²) in [6.45, 7) is 3.59. The summed E-state index contributed by atoms with van der Waals surface area (Å²) in [6.07, 6.45) is 2.05. The highest BCUT2D eigenvalue weighted by atomic mass is 16.5. The lowest BCUT2D eigenvalue weighted by Crippen LogP contribution is -2.43. The Morgan fingerprint density at radius 2 is 1.60 bits per heavy atom. The summed E-state index contributed by atoms with van der Waals surface area (Å²) in [5, 5.41) is 11.8. The number of carboxylic acid groups (broad SMARTS) is 1. The standard InChI is InChI=1S/C26H26N4O5/c1-3-30(16(2)25(32)33)24(31)17-12-27-23(28-13-17)14-29-26(34)35-15-22-20-10-6-4-8-18(20)19-9-5-7-11-21(19)22/h4-13,16,22H,3,14-15H2,1-2H3,(H,29,34)(H,32,33). The third-order valence-electron chi connectivity index (χ3n) is 6.11. The van der Waals surface area contributed by atoms with Gasteiger partial charge in [0.05, 0.1) is 12.1 Å². The number of aliphatic carboxylic acids is 1. The van der Waals surface area contributed by atoms with Gasteiger partial charge in [0, 0.05) is 24.9 Å². The molecule has 0 saturated carbocycles. The minimum atomic E-state index is -1.09. The van der Waals surface area contributed by atoms with Crippen molar-refractivity contribution in [3.05, 3.63) is 83.4 Å². The molecule has 2 aromatic carbocycles. The van der Waals surface area contributed by atoms with Crippen LogP contribution in [0, 0.1) is 0 Å². The minimum absolute atomic E-state index is 0.0220. The number of alkyl carbamates (subject to hydrolysis) is 1. The van der Waals surface area contributed by atoms with Crippen molar-refractivity contribution >= 4 is 18.0 Å². The average molecular weight is 475 g/mol. The molecule has 1 aromatic heterocycles. The number of rotatable bonds is 8. The number of nitrogens with zero attached hydrogens (tertiary/aromatic N) is 3. The van der Waals surface area contributed by atoms with E-state index in [1.807, 2.05) is 24.3 Å². The van der Waals surface area contributed by atoms with Gasteiger partial charge in [0.25, 0.3) is 5.91 Å². The number of carboxylic acids is 1. The van der Waals surface area contributed by atoms with Crippen LogP contribution >= 0.6 is 0 Å². The third kappa shape index (κ3) is 4.98. The first-order valence-electron chi connectivity index (χ1n) is 11.3. The van der Waals surface area contributed by atoms with Gasteiger partial charge in [-0.15, -0.1) is 0 Å². The number of carbonyl (C=O) groups is 3. The van der Waals surface area contributed by atoms with Gasteiger partial charge in [-0.05, 0) is 36.1 Å². The molecule has 0 spiro atoms. The zero-order chi connectivity index (χ0) is 24.9. The molecule has 1 aliphatic rings. The lowest BCUT2D eigenvalue weighted by Gasteiger charge is -2.24. The molecule has 9 heteroatoms. The quantitative estimate of drug-likeness (QED) is 0.513. The molecule has 4 rings (SSSR count). The van der Waals surface area contributed by atoms with Crippen LogP contribution in [0.25, 0.3) is 11.1 Å². The molecule has 3 aromatic rings. The molecule has 0 aliphatic heterocycles. The van der Waals surface area contributed by atoms with Gasteiger partial charge in [0.2, 0.25) is 0 Å². The number of amides is 2. The fourth-order valence-electron chi connectivity index (χ4n) is 4.25. The largest absolute Gasteiger partial charge is 0.480 e. The van der Waals surface area contributed by atoms with Crippen LogP contribution in [0.1, 0.15) is 47.1 Å². The lowest BCUT2D eigenvalue weighted by atomic mass is 9.98. The smallest absolute Gasteiger partial charge is 0.407 e. The molecule has 1 atom stereocenters. The predicted molar refractivity (Wildman–Crippen MR) is 128 cm³/mol. The van der Waals surface area contributed by atoms with Gasteiger partial charge in [-0.1, -0.05) is 48.5 Å². The van der Waals surface area contributed by atoms with E-state index in [0.29, 0.717) is 5.82 Å². The number of hydrogen-bond donors (Lipinski definition) is 2. The van der Waals surface area contributed by atoms with E-state index in [4.69, 9.17) is 4.74 Å². The fourth-order valence-corrected chi connectivity index (χ4v) is 4.25. The van der Waals surface area contributed by atoms with Crippen molar-refractivity contribution in [3.63, 3.8) is 0 Å². The van der Waals surface area contributed by atoms with E-state index in [2.05, 4.69) is 39.6 Å². The van der Waals surface area contributed by atoms with Gasteiger partial charge in [0.15, 0.2) is 0 Å². The molecule has 180 valence electrons. The molecule has 0 bridgehead atoms. The van der Waals surface area contributed by atoms with Gasteiger partial charge in [-0.2, -0.15) is 0 Å². The number of benzene rings is 2. The second-order valence-corrected chi connectivity index (χ2v) is 8.17. The Balaban J connectivity index is 1.33. The average Bonchev–Trinajstić information content (AvgIpc) is 3.20. The summed E-state index contributed by atoms with van der Waals surface area (Å²) in [6, 6.07) is 15.2. The predicted octanol–water partition coefficient (Wildman–Crippen LogP) is 3.45. The molecule has 2 N–H and O–H groups in total. The normalized spacial score (nSPS) is 12.9. The monoisotopic (exact) mass is 474 g/mol. The van der Waals surface area contributed by atoms with Crippen LogP contribution in [0.3, 0.4) is 0 Å². The number of ether oxygens (including phenoxy) is 1.